The zero-order valence-corrected chi connectivity index (χ0v) is 14.6. The molecule has 0 saturated carbocycles. The maximum atomic E-state index is 3.66. The van der Waals surface area contributed by atoms with Crippen molar-refractivity contribution in [2.75, 3.05) is 0 Å². The van der Waals surface area contributed by atoms with Crippen molar-refractivity contribution in [3.63, 3.8) is 0 Å². The van der Waals surface area contributed by atoms with Crippen molar-refractivity contribution >= 4 is 92.4 Å². The average Bonchev–Trinajstić information content (AvgIpc) is 2.54. The molecule has 0 aliphatic carbocycles. The van der Waals surface area contributed by atoms with Crippen LogP contribution in [0.2, 0.25) is 0 Å². The van der Waals surface area contributed by atoms with Gasteiger partial charge in [0.25, 0.3) is 0 Å². The van der Waals surface area contributed by atoms with Gasteiger partial charge in [0, 0.05) is 0 Å². The standard InChI is InChI=1S/C8H4Br4S2/c9-7(10)3-6(8(11,12)14-7)5-1-2-13-4-5/h1-4H. The summed E-state index contributed by atoms with van der Waals surface area (Å²) in [7, 11) is 0. The van der Waals surface area contributed by atoms with Crippen LogP contribution in [0.25, 0.3) is 5.57 Å². The van der Waals surface area contributed by atoms with Crippen LogP contribution in [0.1, 0.15) is 5.56 Å². The molecule has 0 bridgehead atoms. The van der Waals surface area contributed by atoms with Gasteiger partial charge in [-0.1, -0.05) is 75.5 Å². The quantitative estimate of drug-likeness (QED) is 0.457. The molecule has 0 fully saturated rings. The third-order valence-corrected chi connectivity index (χ3v) is 6.53. The predicted octanol–water partition coefficient (Wildman–Crippen LogP) is 5.77. The lowest BCUT2D eigenvalue weighted by atomic mass is 10.1. The maximum absolute atomic E-state index is 3.66. The summed E-state index contributed by atoms with van der Waals surface area (Å²) in [5.74, 6) is 0. The van der Waals surface area contributed by atoms with E-state index in [2.05, 4.69) is 86.6 Å². The molecule has 14 heavy (non-hydrogen) atoms. The Balaban J connectivity index is 2.44. The summed E-state index contributed by atoms with van der Waals surface area (Å²) >= 11 is 17.9. The van der Waals surface area contributed by atoms with E-state index in [9.17, 15) is 0 Å². The van der Waals surface area contributed by atoms with Gasteiger partial charge in [-0.3, -0.25) is 0 Å². The van der Waals surface area contributed by atoms with Crippen LogP contribution in [0.15, 0.2) is 22.9 Å². The van der Waals surface area contributed by atoms with Crippen molar-refractivity contribution in [1.29, 1.82) is 0 Å². The van der Waals surface area contributed by atoms with Gasteiger partial charge in [-0.25, -0.2) is 0 Å². The van der Waals surface area contributed by atoms with Crippen molar-refractivity contribution < 1.29 is 0 Å². The monoisotopic (exact) mass is 480 g/mol. The third-order valence-electron chi connectivity index (χ3n) is 1.72. The first-order valence-corrected chi connectivity index (χ1v) is 8.55. The number of hydrogen-bond acceptors (Lipinski definition) is 2. The molecule has 2 rings (SSSR count). The van der Waals surface area contributed by atoms with E-state index in [4.69, 9.17) is 0 Å². The Morgan fingerprint density at radius 2 is 1.86 bits per heavy atom. The second-order valence-electron chi connectivity index (χ2n) is 2.75. The first-order chi connectivity index (χ1) is 6.41. The summed E-state index contributed by atoms with van der Waals surface area (Å²) in [5, 5.41) is 4.23. The fourth-order valence-corrected chi connectivity index (χ4v) is 9.38. The third kappa shape index (κ3) is 2.51. The second kappa shape index (κ2) is 4.18. The topological polar surface area (TPSA) is 0 Å². The Hall–Kier alpha value is 1.71. The fourth-order valence-electron chi connectivity index (χ4n) is 1.18. The van der Waals surface area contributed by atoms with Crippen LogP contribution >= 0.6 is 86.8 Å². The molecule has 76 valence electrons. The molecule has 1 aliphatic heterocycles. The van der Waals surface area contributed by atoms with Gasteiger partial charge in [-0.15, -0.1) is 0 Å². The fraction of sp³-hybridized carbons (Fsp3) is 0.250. The van der Waals surface area contributed by atoms with Gasteiger partial charge >= 0.3 is 0 Å². The van der Waals surface area contributed by atoms with Gasteiger partial charge in [-0.05, 0) is 34.0 Å². The first-order valence-electron chi connectivity index (χ1n) is 3.62. The molecule has 0 spiro atoms. The van der Waals surface area contributed by atoms with Crippen molar-refractivity contribution in [2.24, 2.45) is 0 Å². The minimum absolute atomic E-state index is 0.190. The van der Waals surface area contributed by atoms with Gasteiger partial charge in [0.05, 0.1) is 0 Å². The summed E-state index contributed by atoms with van der Waals surface area (Å²) < 4.78 is -0.404. The van der Waals surface area contributed by atoms with E-state index in [0.717, 1.165) is 0 Å². The van der Waals surface area contributed by atoms with Crippen LogP contribution in [-0.2, 0) is 0 Å². The Morgan fingerprint density at radius 3 is 2.29 bits per heavy atom. The smallest absolute Gasteiger partial charge is 0.152 e. The van der Waals surface area contributed by atoms with E-state index >= 15 is 0 Å². The molecular formula is C8H4Br4S2. The van der Waals surface area contributed by atoms with Crippen molar-refractivity contribution in [1.82, 2.24) is 0 Å². The molecule has 0 unspecified atom stereocenters. The maximum Gasteiger partial charge on any atom is 0.153 e. The van der Waals surface area contributed by atoms with E-state index in [0.29, 0.717) is 0 Å². The first kappa shape index (κ1) is 12.2. The molecular weight excluding hydrogens is 480 g/mol. The number of rotatable bonds is 1. The van der Waals surface area contributed by atoms with E-state index < -0.39 is 0 Å². The highest BCUT2D eigenvalue weighted by Gasteiger charge is 2.45. The van der Waals surface area contributed by atoms with Crippen LogP contribution < -0.4 is 0 Å². The van der Waals surface area contributed by atoms with Crippen LogP contribution in [0.4, 0.5) is 0 Å². The summed E-state index contributed by atoms with van der Waals surface area (Å²) in [4.78, 5) is 0. The number of alkyl halides is 4. The van der Waals surface area contributed by atoms with Crippen molar-refractivity contribution in [3.05, 3.63) is 28.5 Å². The van der Waals surface area contributed by atoms with Gasteiger partial charge in [-0.2, -0.15) is 11.3 Å². The SMILES string of the molecule is BrC1(Br)C=C(c2ccsc2)C(Br)(Br)S1. The Kier molecular flexibility index (Phi) is 3.64. The zero-order chi connectivity index (χ0) is 10.4. The molecule has 0 amide bonds. The molecule has 0 saturated heterocycles. The molecule has 0 aromatic carbocycles. The summed E-state index contributed by atoms with van der Waals surface area (Å²) in [5.41, 5.74) is 2.48. The molecule has 1 aromatic heterocycles. The van der Waals surface area contributed by atoms with Crippen molar-refractivity contribution in [2.45, 2.75) is 5.13 Å². The van der Waals surface area contributed by atoms with E-state index in [1.54, 1.807) is 23.1 Å². The van der Waals surface area contributed by atoms with Crippen LogP contribution in [0.3, 0.4) is 0 Å². The van der Waals surface area contributed by atoms with Gasteiger partial charge in [0.1, 0.15) is 2.57 Å². The molecule has 6 heteroatoms. The van der Waals surface area contributed by atoms with Crippen molar-refractivity contribution in [3.8, 4) is 0 Å². The van der Waals surface area contributed by atoms with E-state index in [1.807, 2.05) is 0 Å². The molecule has 1 aliphatic rings. The molecule has 1 aromatic rings. The second-order valence-corrected chi connectivity index (χ2v) is 14.1. The molecule has 0 atom stereocenters. The molecule has 0 radical (unpaired) electrons. The summed E-state index contributed by atoms with van der Waals surface area (Å²) in [6.07, 6.45) is 2.16. The lowest BCUT2D eigenvalue weighted by Gasteiger charge is -2.18. The zero-order valence-electron chi connectivity index (χ0n) is 6.64. The minimum Gasteiger partial charge on any atom is -0.152 e. The number of thioether (sulfide) groups is 1. The normalized spacial score (nSPS) is 23.6. The molecule has 2 heterocycles. The minimum atomic E-state index is -0.214. The largest absolute Gasteiger partial charge is 0.153 e. The Bertz CT molecular complexity index is 367. The highest BCUT2D eigenvalue weighted by Crippen LogP contribution is 2.64. The highest BCUT2D eigenvalue weighted by molar-refractivity contribution is 9.32. The van der Waals surface area contributed by atoms with Gasteiger partial charge < -0.3 is 0 Å². The van der Waals surface area contributed by atoms with Crippen LogP contribution in [0.5, 0.6) is 0 Å². The van der Waals surface area contributed by atoms with E-state index in [-0.39, 0.29) is 5.13 Å². The Morgan fingerprint density at radius 1 is 1.14 bits per heavy atom. The lowest BCUT2D eigenvalue weighted by molar-refractivity contribution is 1.58. The highest BCUT2D eigenvalue weighted by atomic mass is 79.9. The summed E-state index contributed by atoms with van der Waals surface area (Å²) in [6, 6.07) is 2.12. The number of halogens is 4. The average molecular weight is 484 g/mol. The predicted molar refractivity (Wildman–Crippen MR) is 81.1 cm³/mol. The number of thiophene rings is 1. The Labute approximate surface area is 124 Å². The van der Waals surface area contributed by atoms with Gasteiger partial charge in [0.2, 0.25) is 0 Å². The molecule has 0 N–H and O–H groups in total. The molecule has 0 nitrogen and oxygen atoms in total. The lowest BCUT2D eigenvalue weighted by Crippen LogP contribution is -2.05. The van der Waals surface area contributed by atoms with E-state index in [1.165, 1.54) is 11.1 Å². The van der Waals surface area contributed by atoms with Crippen LogP contribution in [-0.4, -0.2) is 5.13 Å². The number of hydrogen-bond donors (Lipinski definition) is 0. The van der Waals surface area contributed by atoms with Gasteiger partial charge in [0.15, 0.2) is 2.57 Å². The summed E-state index contributed by atoms with van der Waals surface area (Å²) in [6.45, 7) is 0. The van der Waals surface area contributed by atoms with Crippen LogP contribution in [0, 0.1) is 0 Å².